The van der Waals surface area contributed by atoms with Gasteiger partial charge in [0.15, 0.2) is 11.7 Å². The quantitative estimate of drug-likeness (QED) is 0.750. The maximum atomic E-state index is 5.72. The SMILES string of the molecule is COCCNCCc1ncc(C2CCCCO2)o1. The number of ether oxygens (including phenoxy) is 2. The van der Waals surface area contributed by atoms with Gasteiger partial charge in [-0.3, -0.25) is 0 Å². The second-order valence-corrected chi connectivity index (χ2v) is 4.50. The Morgan fingerprint density at radius 1 is 1.44 bits per heavy atom. The van der Waals surface area contributed by atoms with Gasteiger partial charge in [-0.25, -0.2) is 4.98 Å². The molecule has 1 aliphatic heterocycles. The Kier molecular flexibility index (Phi) is 5.64. The van der Waals surface area contributed by atoms with E-state index in [1.54, 1.807) is 13.3 Å². The van der Waals surface area contributed by atoms with Crippen molar-refractivity contribution in [2.45, 2.75) is 31.8 Å². The average Bonchev–Trinajstić information content (AvgIpc) is 2.88. The van der Waals surface area contributed by atoms with Crippen LogP contribution in [-0.2, 0) is 15.9 Å². The predicted molar refractivity (Wildman–Crippen MR) is 67.5 cm³/mol. The highest BCUT2D eigenvalue weighted by molar-refractivity contribution is 4.99. The van der Waals surface area contributed by atoms with Gasteiger partial charge in [-0.1, -0.05) is 0 Å². The molecule has 0 aromatic carbocycles. The van der Waals surface area contributed by atoms with E-state index in [1.165, 1.54) is 6.42 Å². The summed E-state index contributed by atoms with van der Waals surface area (Å²) in [5.41, 5.74) is 0. The third-order valence-corrected chi connectivity index (χ3v) is 3.07. The molecular formula is C13H22N2O3. The molecule has 1 atom stereocenters. The third kappa shape index (κ3) is 4.08. The Morgan fingerprint density at radius 3 is 3.17 bits per heavy atom. The number of oxazole rings is 1. The monoisotopic (exact) mass is 254 g/mol. The fraction of sp³-hybridized carbons (Fsp3) is 0.769. The van der Waals surface area contributed by atoms with Crippen LogP contribution < -0.4 is 5.32 Å². The van der Waals surface area contributed by atoms with E-state index in [1.807, 2.05) is 0 Å². The molecule has 2 rings (SSSR count). The van der Waals surface area contributed by atoms with Crippen LogP contribution in [0.1, 0.15) is 37.0 Å². The number of hydrogen-bond acceptors (Lipinski definition) is 5. The highest BCUT2D eigenvalue weighted by atomic mass is 16.5. The molecule has 0 spiro atoms. The first-order valence-corrected chi connectivity index (χ1v) is 6.66. The molecule has 1 N–H and O–H groups in total. The largest absolute Gasteiger partial charge is 0.443 e. The van der Waals surface area contributed by atoms with Gasteiger partial charge in [0.1, 0.15) is 6.10 Å². The van der Waals surface area contributed by atoms with Crippen molar-refractivity contribution in [2.24, 2.45) is 0 Å². The summed E-state index contributed by atoms with van der Waals surface area (Å²) < 4.78 is 16.4. The fourth-order valence-electron chi connectivity index (χ4n) is 2.05. The first kappa shape index (κ1) is 13.5. The highest BCUT2D eigenvalue weighted by Gasteiger charge is 2.19. The summed E-state index contributed by atoms with van der Waals surface area (Å²) in [5, 5.41) is 3.27. The van der Waals surface area contributed by atoms with Gasteiger partial charge in [0.2, 0.25) is 0 Å². The minimum Gasteiger partial charge on any atom is -0.443 e. The third-order valence-electron chi connectivity index (χ3n) is 3.07. The number of rotatable bonds is 7. The molecule has 1 aromatic heterocycles. The van der Waals surface area contributed by atoms with E-state index in [0.29, 0.717) is 0 Å². The molecule has 0 radical (unpaired) electrons. The smallest absolute Gasteiger partial charge is 0.195 e. The predicted octanol–water partition coefficient (Wildman–Crippen LogP) is 1.69. The molecule has 18 heavy (non-hydrogen) atoms. The van der Waals surface area contributed by atoms with E-state index < -0.39 is 0 Å². The van der Waals surface area contributed by atoms with Gasteiger partial charge in [-0.15, -0.1) is 0 Å². The summed E-state index contributed by atoms with van der Waals surface area (Å²) in [5.74, 6) is 1.66. The number of nitrogens with zero attached hydrogens (tertiary/aromatic N) is 1. The number of nitrogens with one attached hydrogen (secondary N) is 1. The zero-order valence-corrected chi connectivity index (χ0v) is 11.0. The summed E-state index contributed by atoms with van der Waals surface area (Å²) in [6.45, 7) is 3.27. The summed E-state index contributed by atoms with van der Waals surface area (Å²) >= 11 is 0. The molecular weight excluding hydrogens is 232 g/mol. The van der Waals surface area contributed by atoms with E-state index in [4.69, 9.17) is 13.9 Å². The summed E-state index contributed by atoms with van der Waals surface area (Å²) in [6.07, 6.45) is 6.12. The first-order valence-electron chi connectivity index (χ1n) is 6.66. The second kappa shape index (κ2) is 7.51. The standard InChI is InChI=1S/C13H22N2O3/c1-16-9-7-14-6-5-13-15-10-12(18-13)11-4-2-3-8-17-11/h10-11,14H,2-9H2,1H3. The van der Waals surface area contributed by atoms with Crippen molar-refractivity contribution in [3.05, 3.63) is 17.8 Å². The Balaban J connectivity index is 1.72. The molecule has 0 amide bonds. The molecule has 2 heterocycles. The molecule has 1 fully saturated rings. The van der Waals surface area contributed by atoms with Gasteiger partial charge in [0.25, 0.3) is 0 Å². The molecule has 5 heteroatoms. The minimum absolute atomic E-state index is 0.112. The van der Waals surface area contributed by atoms with Crippen LogP contribution in [0.5, 0.6) is 0 Å². The van der Waals surface area contributed by atoms with Crippen molar-refractivity contribution in [1.82, 2.24) is 10.3 Å². The summed E-state index contributed by atoms with van der Waals surface area (Å²) in [6, 6.07) is 0. The molecule has 1 aromatic rings. The van der Waals surface area contributed by atoms with Gasteiger partial charge < -0.3 is 19.2 Å². The van der Waals surface area contributed by atoms with Gasteiger partial charge >= 0.3 is 0 Å². The zero-order valence-electron chi connectivity index (χ0n) is 11.0. The van der Waals surface area contributed by atoms with Crippen LogP contribution in [0.3, 0.4) is 0 Å². The van der Waals surface area contributed by atoms with Crippen LogP contribution in [0.25, 0.3) is 0 Å². The fourth-order valence-corrected chi connectivity index (χ4v) is 2.05. The van der Waals surface area contributed by atoms with Crippen molar-refractivity contribution in [3.8, 4) is 0 Å². The van der Waals surface area contributed by atoms with Crippen LogP contribution in [0.2, 0.25) is 0 Å². The van der Waals surface area contributed by atoms with Crippen LogP contribution in [0.4, 0.5) is 0 Å². The van der Waals surface area contributed by atoms with Crippen molar-refractivity contribution in [1.29, 1.82) is 0 Å². The molecule has 1 aliphatic rings. The normalized spacial score (nSPS) is 20.2. The van der Waals surface area contributed by atoms with Crippen LogP contribution >= 0.6 is 0 Å². The molecule has 0 bridgehead atoms. The van der Waals surface area contributed by atoms with Gasteiger partial charge in [0, 0.05) is 33.2 Å². The minimum atomic E-state index is 0.112. The van der Waals surface area contributed by atoms with Crippen molar-refractivity contribution in [3.63, 3.8) is 0 Å². The lowest BCUT2D eigenvalue weighted by Gasteiger charge is -2.19. The number of aromatic nitrogens is 1. The summed E-state index contributed by atoms with van der Waals surface area (Å²) in [7, 11) is 1.70. The lowest BCUT2D eigenvalue weighted by atomic mass is 10.1. The Hall–Kier alpha value is -0.910. The lowest BCUT2D eigenvalue weighted by Crippen LogP contribution is -2.21. The van der Waals surface area contributed by atoms with Gasteiger partial charge in [-0.05, 0) is 19.3 Å². The van der Waals surface area contributed by atoms with E-state index in [2.05, 4.69) is 10.3 Å². The van der Waals surface area contributed by atoms with E-state index in [0.717, 1.165) is 57.2 Å². The van der Waals surface area contributed by atoms with Crippen molar-refractivity contribution in [2.75, 3.05) is 33.4 Å². The maximum Gasteiger partial charge on any atom is 0.195 e. The maximum absolute atomic E-state index is 5.72. The Morgan fingerprint density at radius 2 is 2.39 bits per heavy atom. The van der Waals surface area contributed by atoms with E-state index in [-0.39, 0.29) is 6.10 Å². The van der Waals surface area contributed by atoms with E-state index in [9.17, 15) is 0 Å². The summed E-state index contributed by atoms with van der Waals surface area (Å²) in [4.78, 5) is 4.29. The van der Waals surface area contributed by atoms with Crippen molar-refractivity contribution < 1.29 is 13.9 Å². The number of hydrogen-bond donors (Lipinski definition) is 1. The van der Waals surface area contributed by atoms with Gasteiger partial charge in [0.05, 0.1) is 12.8 Å². The second-order valence-electron chi connectivity index (χ2n) is 4.50. The van der Waals surface area contributed by atoms with E-state index >= 15 is 0 Å². The first-order chi connectivity index (χ1) is 8.90. The van der Waals surface area contributed by atoms with Crippen molar-refractivity contribution >= 4 is 0 Å². The zero-order chi connectivity index (χ0) is 12.6. The lowest BCUT2D eigenvalue weighted by molar-refractivity contribution is 0.00128. The molecule has 0 saturated carbocycles. The molecule has 102 valence electrons. The van der Waals surface area contributed by atoms with Crippen LogP contribution in [0.15, 0.2) is 10.6 Å². The average molecular weight is 254 g/mol. The molecule has 1 saturated heterocycles. The van der Waals surface area contributed by atoms with Crippen LogP contribution in [-0.4, -0.2) is 38.4 Å². The Bertz CT molecular complexity index is 335. The highest BCUT2D eigenvalue weighted by Crippen LogP contribution is 2.28. The molecule has 0 aliphatic carbocycles. The Labute approximate surface area is 108 Å². The number of methoxy groups -OCH3 is 1. The topological polar surface area (TPSA) is 56.5 Å². The van der Waals surface area contributed by atoms with Gasteiger partial charge in [-0.2, -0.15) is 0 Å². The van der Waals surface area contributed by atoms with Crippen LogP contribution in [0, 0.1) is 0 Å². The molecule has 5 nitrogen and oxygen atoms in total. The molecule has 1 unspecified atom stereocenters.